The molecule has 1 heterocycles. The summed E-state index contributed by atoms with van der Waals surface area (Å²) >= 11 is 1.46. The topological polar surface area (TPSA) is 92.7 Å². The van der Waals surface area contributed by atoms with Gasteiger partial charge in [0.15, 0.2) is 0 Å². The maximum atomic E-state index is 13.0. The van der Waals surface area contributed by atoms with Gasteiger partial charge in [0.2, 0.25) is 5.91 Å². The molecule has 0 unspecified atom stereocenters. The highest BCUT2D eigenvalue weighted by Gasteiger charge is 2.35. The number of nitrogens with one attached hydrogen (secondary N) is 1. The minimum absolute atomic E-state index is 0.334. The van der Waals surface area contributed by atoms with E-state index in [9.17, 15) is 19.5 Å². The third-order valence-corrected chi connectivity index (χ3v) is 7.59. The number of hydrogen-bond donors (Lipinski definition) is 2. The minimum Gasteiger partial charge on any atom is -0.481 e. The van der Waals surface area contributed by atoms with Gasteiger partial charge in [-0.15, -0.1) is 11.3 Å². The number of rotatable bonds is 4. The number of carbonyl (C=O) groups excluding carboxylic acids is 2. The number of esters is 1. The first-order valence-electron chi connectivity index (χ1n) is 11.4. The van der Waals surface area contributed by atoms with Gasteiger partial charge >= 0.3 is 11.9 Å². The van der Waals surface area contributed by atoms with Crippen LogP contribution in [0.1, 0.15) is 85.0 Å². The molecule has 0 saturated carbocycles. The van der Waals surface area contributed by atoms with Crippen LogP contribution in [0.15, 0.2) is 12.2 Å². The number of aryl methyl sites for hydroxylation is 1. The summed E-state index contributed by atoms with van der Waals surface area (Å²) in [6.07, 6.45) is 15.5. The van der Waals surface area contributed by atoms with Crippen molar-refractivity contribution in [2.45, 2.75) is 77.0 Å². The number of amides is 1. The number of carbonyl (C=O) groups is 3. The molecule has 0 fully saturated rings. The van der Waals surface area contributed by atoms with Gasteiger partial charge in [-0.05, 0) is 44.1 Å². The standard InChI is InChI=1S/C24H33NO5S/c1-30-24(29)20-18-14-8-6-4-2-3-5-7-9-15-19(18)31-22(20)25-21(26)16-12-10-11-13-17(16)23(27)28/h10-11,16-17H,2-9,12-15H2,1H3,(H,25,26)(H,27,28)/t16-,17-/m0/s1. The van der Waals surface area contributed by atoms with E-state index in [1.54, 1.807) is 0 Å². The lowest BCUT2D eigenvalue weighted by molar-refractivity contribution is -0.146. The Morgan fingerprint density at radius 1 is 0.935 bits per heavy atom. The molecular weight excluding hydrogens is 414 g/mol. The first-order valence-corrected chi connectivity index (χ1v) is 12.3. The van der Waals surface area contributed by atoms with E-state index in [0.717, 1.165) is 42.5 Å². The van der Waals surface area contributed by atoms with E-state index in [2.05, 4.69) is 5.32 Å². The molecule has 1 aromatic rings. The fourth-order valence-corrected chi connectivity index (χ4v) is 5.89. The average Bonchev–Trinajstić information content (AvgIpc) is 3.09. The molecule has 0 saturated heterocycles. The van der Waals surface area contributed by atoms with Gasteiger partial charge in [0, 0.05) is 4.88 Å². The van der Waals surface area contributed by atoms with Crippen molar-refractivity contribution in [3.8, 4) is 0 Å². The zero-order valence-electron chi connectivity index (χ0n) is 18.3. The van der Waals surface area contributed by atoms with Crippen LogP contribution in [0.4, 0.5) is 5.00 Å². The van der Waals surface area contributed by atoms with E-state index in [4.69, 9.17) is 4.74 Å². The lowest BCUT2D eigenvalue weighted by Crippen LogP contribution is -2.34. The first kappa shape index (κ1) is 23.5. The highest BCUT2D eigenvalue weighted by Crippen LogP contribution is 2.38. The maximum absolute atomic E-state index is 13.0. The number of carboxylic acids is 1. The molecule has 3 rings (SSSR count). The van der Waals surface area contributed by atoms with Crippen LogP contribution in [0.2, 0.25) is 0 Å². The lowest BCUT2D eigenvalue weighted by Gasteiger charge is -2.24. The number of methoxy groups -OCH3 is 1. The molecule has 2 aliphatic rings. The van der Waals surface area contributed by atoms with Crippen molar-refractivity contribution in [2.75, 3.05) is 12.4 Å². The average molecular weight is 448 g/mol. The summed E-state index contributed by atoms with van der Waals surface area (Å²) < 4.78 is 5.07. The van der Waals surface area contributed by atoms with Crippen molar-refractivity contribution < 1.29 is 24.2 Å². The Hall–Kier alpha value is -2.15. The Balaban J connectivity index is 1.88. The van der Waals surface area contributed by atoms with E-state index in [1.807, 2.05) is 12.2 Å². The molecule has 2 aliphatic carbocycles. The smallest absolute Gasteiger partial charge is 0.341 e. The van der Waals surface area contributed by atoms with Crippen LogP contribution in [-0.4, -0.2) is 30.1 Å². The van der Waals surface area contributed by atoms with Crippen LogP contribution in [0.25, 0.3) is 0 Å². The highest BCUT2D eigenvalue weighted by atomic mass is 32.1. The third-order valence-electron chi connectivity index (χ3n) is 6.38. The number of thiophene rings is 1. The van der Waals surface area contributed by atoms with Crippen LogP contribution in [0.3, 0.4) is 0 Å². The largest absolute Gasteiger partial charge is 0.481 e. The SMILES string of the molecule is COC(=O)c1c(NC(=O)[C@H]2CC=CC[C@@H]2C(=O)O)sc2c1CCCCCCCCCC2. The van der Waals surface area contributed by atoms with Gasteiger partial charge in [0.25, 0.3) is 0 Å². The quantitative estimate of drug-likeness (QED) is 0.479. The Morgan fingerprint density at radius 2 is 1.52 bits per heavy atom. The number of allylic oxidation sites excluding steroid dienone is 2. The zero-order valence-corrected chi connectivity index (χ0v) is 19.1. The molecule has 1 aromatic heterocycles. The molecule has 31 heavy (non-hydrogen) atoms. The van der Waals surface area contributed by atoms with Gasteiger partial charge in [0.1, 0.15) is 5.00 Å². The summed E-state index contributed by atoms with van der Waals surface area (Å²) in [5.41, 5.74) is 1.47. The summed E-state index contributed by atoms with van der Waals surface area (Å²) in [6, 6.07) is 0. The first-order chi connectivity index (χ1) is 15.0. The fourth-order valence-electron chi connectivity index (χ4n) is 4.61. The van der Waals surface area contributed by atoms with Crippen molar-refractivity contribution in [3.63, 3.8) is 0 Å². The number of aliphatic carboxylic acids is 1. The van der Waals surface area contributed by atoms with Crippen molar-refractivity contribution in [3.05, 3.63) is 28.2 Å². The molecule has 2 N–H and O–H groups in total. The molecule has 7 heteroatoms. The van der Waals surface area contributed by atoms with E-state index in [0.29, 0.717) is 23.4 Å². The molecule has 0 aromatic carbocycles. The molecule has 2 atom stereocenters. The van der Waals surface area contributed by atoms with Crippen molar-refractivity contribution >= 4 is 34.2 Å². The highest BCUT2D eigenvalue weighted by molar-refractivity contribution is 7.17. The Morgan fingerprint density at radius 3 is 2.13 bits per heavy atom. The molecule has 6 nitrogen and oxygen atoms in total. The lowest BCUT2D eigenvalue weighted by atomic mass is 9.82. The second kappa shape index (κ2) is 11.5. The van der Waals surface area contributed by atoms with E-state index in [1.165, 1.54) is 50.6 Å². The number of ether oxygens (including phenoxy) is 1. The fraction of sp³-hybridized carbons (Fsp3) is 0.625. The van der Waals surface area contributed by atoms with Gasteiger partial charge in [-0.25, -0.2) is 4.79 Å². The summed E-state index contributed by atoms with van der Waals surface area (Å²) in [4.78, 5) is 38.5. The number of fused-ring (bicyclic) bond motifs is 1. The molecule has 0 spiro atoms. The second-order valence-corrected chi connectivity index (χ2v) is 9.62. The van der Waals surface area contributed by atoms with Gasteiger partial charge in [-0.2, -0.15) is 0 Å². The molecule has 1 amide bonds. The Labute approximate surface area is 188 Å². The van der Waals surface area contributed by atoms with Crippen molar-refractivity contribution in [1.29, 1.82) is 0 Å². The third kappa shape index (κ3) is 5.97. The Bertz CT molecular complexity index is 828. The Kier molecular flexibility index (Phi) is 8.69. The van der Waals surface area contributed by atoms with Crippen molar-refractivity contribution in [2.24, 2.45) is 11.8 Å². The minimum atomic E-state index is -0.962. The molecule has 0 radical (unpaired) electrons. The summed E-state index contributed by atoms with van der Waals surface area (Å²) in [5.74, 6) is -3.11. The van der Waals surface area contributed by atoms with Gasteiger partial charge in [-0.3, -0.25) is 9.59 Å². The van der Waals surface area contributed by atoms with Crippen LogP contribution < -0.4 is 5.32 Å². The predicted molar refractivity (Wildman–Crippen MR) is 122 cm³/mol. The molecule has 0 bridgehead atoms. The molecule has 170 valence electrons. The maximum Gasteiger partial charge on any atom is 0.341 e. The molecular formula is C24H33NO5S. The van der Waals surface area contributed by atoms with E-state index in [-0.39, 0.29) is 5.91 Å². The van der Waals surface area contributed by atoms with Crippen molar-refractivity contribution in [1.82, 2.24) is 0 Å². The van der Waals surface area contributed by atoms with E-state index < -0.39 is 23.8 Å². The van der Waals surface area contributed by atoms with Gasteiger partial charge in [-0.1, -0.05) is 50.7 Å². The summed E-state index contributed by atoms with van der Waals surface area (Å²) in [7, 11) is 1.36. The van der Waals surface area contributed by atoms with Gasteiger partial charge < -0.3 is 15.2 Å². The van der Waals surface area contributed by atoms with E-state index >= 15 is 0 Å². The summed E-state index contributed by atoms with van der Waals surface area (Å²) in [5, 5.41) is 12.9. The second-order valence-electron chi connectivity index (χ2n) is 8.51. The monoisotopic (exact) mass is 447 g/mol. The number of hydrogen-bond acceptors (Lipinski definition) is 5. The van der Waals surface area contributed by atoms with Gasteiger partial charge in [0.05, 0.1) is 24.5 Å². The van der Waals surface area contributed by atoms with Crippen LogP contribution in [0, 0.1) is 11.8 Å². The normalized spacial score (nSPS) is 22.5. The number of anilines is 1. The number of carboxylic acid groups (broad SMARTS) is 1. The zero-order chi connectivity index (χ0) is 22.2. The van der Waals surface area contributed by atoms with Crippen LogP contribution in [0.5, 0.6) is 0 Å². The van der Waals surface area contributed by atoms with Crippen LogP contribution >= 0.6 is 11.3 Å². The van der Waals surface area contributed by atoms with Crippen LogP contribution in [-0.2, 0) is 27.2 Å². The molecule has 0 aliphatic heterocycles. The predicted octanol–water partition coefficient (Wildman–Crippen LogP) is 5.36. The summed E-state index contributed by atoms with van der Waals surface area (Å²) in [6.45, 7) is 0.